The van der Waals surface area contributed by atoms with Crippen molar-refractivity contribution in [3.05, 3.63) is 34.8 Å². The van der Waals surface area contributed by atoms with Crippen LogP contribution in [0.15, 0.2) is 24.4 Å². The molecule has 2 heterocycles. The third-order valence-electron chi connectivity index (χ3n) is 4.01. The summed E-state index contributed by atoms with van der Waals surface area (Å²) in [4.78, 5) is 14.3. The van der Waals surface area contributed by atoms with Crippen molar-refractivity contribution in [3.8, 4) is 16.3 Å². The Kier molecular flexibility index (Phi) is 5.47. The summed E-state index contributed by atoms with van der Waals surface area (Å²) in [6.45, 7) is 1.72. The van der Waals surface area contributed by atoms with Crippen LogP contribution in [0.5, 0.6) is 5.75 Å². The number of carboxylic acid groups (broad SMARTS) is 1. The maximum Gasteiger partial charge on any atom is 0.427 e. The number of thiazole rings is 1. The van der Waals surface area contributed by atoms with Crippen LogP contribution in [0, 0.1) is 5.92 Å². The van der Waals surface area contributed by atoms with E-state index in [0.29, 0.717) is 42.8 Å². The van der Waals surface area contributed by atoms with E-state index in [-0.39, 0.29) is 16.1 Å². The average Bonchev–Trinajstić information content (AvgIpc) is 3.11. The molecule has 1 aliphatic heterocycles. The fraction of sp³-hybridized carbons (Fsp3) is 0.412. The van der Waals surface area contributed by atoms with Crippen LogP contribution < -0.4 is 4.74 Å². The minimum Gasteiger partial charge on any atom is -0.493 e. The highest BCUT2D eigenvalue weighted by Gasteiger charge is 2.33. The van der Waals surface area contributed by atoms with Crippen LogP contribution >= 0.6 is 11.3 Å². The Morgan fingerprint density at radius 2 is 2.04 bits per heavy atom. The SMILES string of the molecule is O=C(O)c1cc(OCC2CCOCC2)cc(-c2ncc(C(F)(F)F)s2)c1. The zero-order chi connectivity index (χ0) is 18.7. The first-order chi connectivity index (χ1) is 12.3. The lowest BCUT2D eigenvalue weighted by molar-refractivity contribution is -0.134. The lowest BCUT2D eigenvalue weighted by atomic mass is 10.0. The van der Waals surface area contributed by atoms with Gasteiger partial charge >= 0.3 is 12.1 Å². The summed E-state index contributed by atoms with van der Waals surface area (Å²) in [5.41, 5.74) is 0.223. The van der Waals surface area contributed by atoms with Crippen molar-refractivity contribution < 1.29 is 32.5 Å². The molecule has 0 amide bonds. The minimum absolute atomic E-state index is 0.0618. The Morgan fingerprint density at radius 1 is 1.31 bits per heavy atom. The number of rotatable bonds is 5. The number of aromatic nitrogens is 1. The molecule has 1 aromatic carbocycles. The molecule has 0 bridgehead atoms. The number of halogens is 3. The molecule has 5 nitrogen and oxygen atoms in total. The summed E-state index contributed by atoms with van der Waals surface area (Å²) in [6.07, 6.45) is -2.03. The topological polar surface area (TPSA) is 68.7 Å². The van der Waals surface area contributed by atoms with Gasteiger partial charge in [-0.05, 0) is 37.0 Å². The second-order valence-corrected chi connectivity index (χ2v) is 6.98. The fourth-order valence-electron chi connectivity index (χ4n) is 2.60. The molecule has 9 heteroatoms. The molecule has 1 aromatic heterocycles. The monoisotopic (exact) mass is 387 g/mol. The molecule has 0 spiro atoms. The molecule has 140 valence electrons. The summed E-state index contributed by atoms with van der Waals surface area (Å²) in [6, 6.07) is 4.18. The van der Waals surface area contributed by atoms with Gasteiger partial charge in [0.1, 0.15) is 15.6 Å². The van der Waals surface area contributed by atoms with E-state index in [4.69, 9.17) is 9.47 Å². The summed E-state index contributed by atoms with van der Waals surface area (Å²) < 4.78 is 49.3. The second-order valence-electron chi connectivity index (χ2n) is 5.95. The molecule has 3 rings (SSSR count). The van der Waals surface area contributed by atoms with Gasteiger partial charge in [-0.2, -0.15) is 13.2 Å². The zero-order valence-electron chi connectivity index (χ0n) is 13.6. The normalized spacial score (nSPS) is 15.8. The van der Waals surface area contributed by atoms with E-state index in [9.17, 15) is 23.1 Å². The van der Waals surface area contributed by atoms with Gasteiger partial charge in [0.2, 0.25) is 0 Å². The van der Waals surface area contributed by atoms with Crippen molar-refractivity contribution in [1.82, 2.24) is 4.98 Å². The van der Waals surface area contributed by atoms with Crippen LogP contribution in [-0.4, -0.2) is 35.9 Å². The van der Waals surface area contributed by atoms with E-state index >= 15 is 0 Å². The predicted molar refractivity (Wildman–Crippen MR) is 88.5 cm³/mol. The van der Waals surface area contributed by atoms with E-state index in [1.165, 1.54) is 18.2 Å². The van der Waals surface area contributed by atoms with Crippen molar-refractivity contribution in [3.63, 3.8) is 0 Å². The van der Waals surface area contributed by atoms with Gasteiger partial charge in [0.25, 0.3) is 0 Å². The van der Waals surface area contributed by atoms with E-state index in [0.717, 1.165) is 19.0 Å². The van der Waals surface area contributed by atoms with Gasteiger partial charge in [-0.15, -0.1) is 11.3 Å². The standard InChI is InChI=1S/C17H16F3NO4S/c18-17(19,20)14-8-21-15(26-14)11-5-12(16(22)23)7-13(6-11)25-9-10-1-3-24-4-2-10/h5-8,10H,1-4,9H2,(H,22,23). The molecule has 26 heavy (non-hydrogen) atoms. The lowest BCUT2D eigenvalue weighted by Gasteiger charge is -2.22. The molecule has 0 radical (unpaired) electrons. The van der Waals surface area contributed by atoms with E-state index in [2.05, 4.69) is 4.98 Å². The van der Waals surface area contributed by atoms with Gasteiger partial charge in [0, 0.05) is 18.8 Å². The first-order valence-corrected chi connectivity index (χ1v) is 8.77. The average molecular weight is 387 g/mol. The summed E-state index contributed by atoms with van der Waals surface area (Å²) in [7, 11) is 0. The number of nitrogens with zero attached hydrogens (tertiary/aromatic N) is 1. The predicted octanol–water partition coefficient (Wildman–Crippen LogP) is 4.33. The van der Waals surface area contributed by atoms with Gasteiger partial charge in [-0.3, -0.25) is 0 Å². The maximum atomic E-state index is 12.8. The molecular formula is C17H16F3NO4S. The molecule has 1 aliphatic rings. The van der Waals surface area contributed by atoms with Gasteiger partial charge in [-0.25, -0.2) is 9.78 Å². The van der Waals surface area contributed by atoms with Crippen LogP contribution in [-0.2, 0) is 10.9 Å². The van der Waals surface area contributed by atoms with E-state index in [1.807, 2.05) is 0 Å². The number of alkyl halides is 3. The van der Waals surface area contributed by atoms with Gasteiger partial charge in [0.15, 0.2) is 0 Å². The Morgan fingerprint density at radius 3 is 2.65 bits per heavy atom. The van der Waals surface area contributed by atoms with Crippen molar-refractivity contribution >= 4 is 17.3 Å². The van der Waals surface area contributed by atoms with Crippen LogP contribution in [0.4, 0.5) is 13.2 Å². The van der Waals surface area contributed by atoms with Crippen LogP contribution in [0.1, 0.15) is 28.1 Å². The van der Waals surface area contributed by atoms with Crippen molar-refractivity contribution in [2.45, 2.75) is 19.0 Å². The summed E-state index contributed by atoms with van der Waals surface area (Å²) in [5.74, 6) is -0.581. The molecule has 0 unspecified atom stereocenters. The Balaban J connectivity index is 1.84. The molecule has 1 fully saturated rings. The number of hydrogen-bond acceptors (Lipinski definition) is 5. The number of ether oxygens (including phenoxy) is 2. The molecule has 0 aliphatic carbocycles. The Labute approximate surface area is 151 Å². The highest BCUT2D eigenvalue weighted by Crippen LogP contribution is 2.37. The summed E-state index contributed by atoms with van der Waals surface area (Å²) in [5, 5.41) is 9.36. The Bertz CT molecular complexity index is 785. The first-order valence-electron chi connectivity index (χ1n) is 7.95. The number of carboxylic acids is 1. The van der Waals surface area contributed by atoms with E-state index < -0.39 is 17.0 Å². The smallest absolute Gasteiger partial charge is 0.427 e. The van der Waals surface area contributed by atoms with Crippen LogP contribution in [0.25, 0.3) is 10.6 Å². The maximum absolute atomic E-state index is 12.8. The summed E-state index contributed by atoms with van der Waals surface area (Å²) >= 11 is 0.467. The fourth-order valence-corrected chi connectivity index (χ4v) is 3.37. The highest BCUT2D eigenvalue weighted by molar-refractivity contribution is 7.15. The Hall–Kier alpha value is -2.13. The largest absolute Gasteiger partial charge is 0.493 e. The van der Waals surface area contributed by atoms with Gasteiger partial charge in [-0.1, -0.05) is 0 Å². The van der Waals surface area contributed by atoms with E-state index in [1.54, 1.807) is 0 Å². The molecule has 0 saturated carbocycles. The van der Waals surface area contributed by atoms with Crippen molar-refractivity contribution in [1.29, 1.82) is 0 Å². The number of hydrogen-bond donors (Lipinski definition) is 1. The third kappa shape index (κ3) is 4.53. The number of aromatic carboxylic acids is 1. The minimum atomic E-state index is -4.48. The molecular weight excluding hydrogens is 371 g/mol. The number of benzene rings is 1. The quantitative estimate of drug-likeness (QED) is 0.827. The highest BCUT2D eigenvalue weighted by atomic mass is 32.1. The van der Waals surface area contributed by atoms with Crippen molar-refractivity contribution in [2.75, 3.05) is 19.8 Å². The number of carbonyl (C=O) groups is 1. The lowest BCUT2D eigenvalue weighted by Crippen LogP contribution is -2.21. The molecule has 0 atom stereocenters. The molecule has 2 aromatic rings. The van der Waals surface area contributed by atoms with Crippen LogP contribution in [0.2, 0.25) is 0 Å². The first kappa shape index (κ1) is 18.7. The van der Waals surface area contributed by atoms with Crippen molar-refractivity contribution in [2.24, 2.45) is 5.92 Å². The molecule has 1 N–H and O–H groups in total. The van der Waals surface area contributed by atoms with Gasteiger partial charge in [0.05, 0.1) is 18.4 Å². The van der Waals surface area contributed by atoms with Gasteiger partial charge < -0.3 is 14.6 Å². The van der Waals surface area contributed by atoms with Crippen LogP contribution in [0.3, 0.4) is 0 Å². The zero-order valence-corrected chi connectivity index (χ0v) is 14.4. The molecule has 1 saturated heterocycles. The third-order valence-corrected chi connectivity index (χ3v) is 5.10. The second kappa shape index (κ2) is 7.63.